The Bertz CT molecular complexity index is 1530. The Labute approximate surface area is 208 Å². The molecule has 0 radical (unpaired) electrons. The van der Waals surface area contributed by atoms with Gasteiger partial charge in [-0.15, -0.1) is 0 Å². The van der Waals surface area contributed by atoms with Gasteiger partial charge in [0, 0.05) is 35.1 Å². The first-order valence-electron chi connectivity index (χ1n) is 11.4. The molecular weight excluding hydrogens is 478 g/mol. The number of anilines is 1. The van der Waals surface area contributed by atoms with Crippen LogP contribution in [0.1, 0.15) is 45.2 Å². The van der Waals surface area contributed by atoms with Crippen molar-refractivity contribution >= 4 is 33.0 Å². The van der Waals surface area contributed by atoms with Crippen molar-refractivity contribution in [2.24, 2.45) is 5.73 Å². The molecular formula is C26H25N5O4S. The Hall–Kier alpha value is -4.02. The van der Waals surface area contributed by atoms with Gasteiger partial charge in [-0.05, 0) is 72.9 Å². The van der Waals surface area contributed by atoms with Gasteiger partial charge < -0.3 is 11.1 Å². The van der Waals surface area contributed by atoms with Gasteiger partial charge in [0.1, 0.15) is 0 Å². The zero-order chi connectivity index (χ0) is 25.6. The molecule has 0 bridgehead atoms. The monoisotopic (exact) mass is 503 g/mol. The summed E-state index contributed by atoms with van der Waals surface area (Å²) in [5, 5.41) is 4.31. The van der Waals surface area contributed by atoms with Gasteiger partial charge in [0.15, 0.2) is 9.84 Å². The highest BCUT2D eigenvalue weighted by Crippen LogP contribution is 2.45. The van der Waals surface area contributed by atoms with E-state index in [-0.39, 0.29) is 10.8 Å². The molecule has 9 nitrogen and oxygen atoms in total. The number of rotatable bonds is 4. The summed E-state index contributed by atoms with van der Waals surface area (Å²) < 4.78 is 23.8. The second kappa shape index (κ2) is 8.89. The molecule has 1 atom stereocenters. The fraction of sp³-hybridized carbons (Fsp3) is 0.192. The van der Waals surface area contributed by atoms with E-state index < -0.39 is 21.9 Å². The number of allylic oxidation sites excluding steroid dienone is 1. The number of carbonyl (C=O) groups is 2. The summed E-state index contributed by atoms with van der Waals surface area (Å²) in [7, 11) is -3.34. The first-order valence-corrected chi connectivity index (χ1v) is 13.3. The molecule has 184 valence electrons. The summed E-state index contributed by atoms with van der Waals surface area (Å²) in [6, 6.07) is 14.7. The fourth-order valence-corrected chi connectivity index (χ4v) is 5.39. The van der Waals surface area contributed by atoms with Crippen molar-refractivity contribution in [2.45, 2.75) is 30.7 Å². The molecule has 2 heterocycles. The van der Waals surface area contributed by atoms with Gasteiger partial charge in [-0.3, -0.25) is 9.78 Å². The van der Waals surface area contributed by atoms with Gasteiger partial charge in [0.25, 0.3) is 5.91 Å². The molecule has 4 N–H and O–H groups in total. The van der Waals surface area contributed by atoms with E-state index >= 15 is 0 Å². The third-order valence-electron chi connectivity index (χ3n) is 6.53. The van der Waals surface area contributed by atoms with Crippen LogP contribution >= 0.6 is 0 Å². The SMILES string of the molecule is Cc1ncccc1C(=O)Nc1ccc2c(c1)C1=C(CC2)N(C(N)=O)NC1c1ccc(S(C)(=O)=O)cc1. The van der Waals surface area contributed by atoms with E-state index in [9.17, 15) is 18.0 Å². The number of amides is 3. The molecule has 3 aromatic rings. The number of urea groups is 1. The highest BCUT2D eigenvalue weighted by Gasteiger charge is 2.38. The van der Waals surface area contributed by atoms with E-state index in [0.717, 1.165) is 34.2 Å². The first kappa shape index (κ1) is 23.7. The second-order valence-electron chi connectivity index (χ2n) is 8.90. The van der Waals surface area contributed by atoms with Crippen molar-refractivity contribution < 1.29 is 18.0 Å². The number of fused-ring (bicyclic) bond motifs is 2. The molecule has 1 aliphatic heterocycles. The minimum Gasteiger partial charge on any atom is -0.350 e. The van der Waals surface area contributed by atoms with Gasteiger partial charge in [-0.2, -0.15) is 0 Å². The number of aromatic nitrogens is 1. The van der Waals surface area contributed by atoms with E-state index in [0.29, 0.717) is 29.8 Å². The van der Waals surface area contributed by atoms with Crippen LogP contribution in [0.2, 0.25) is 0 Å². The van der Waals surface area contributed by atoms with Gasteiger partial charge in [-0.25, -0.2) is 23.6 Å². The van der Waals surface area contributed by atoms with Crippen LogP contribution < -0.4 is 16.5 Å². The Morgan fingerprint density at radius 2 is 1.86 bits per heavy atom. The Morgan fingerprint density at radius 3 is 2.53 bits per heavy atom. The van der Waals surface area contributed by atoms with Crippen LogP contribution in [0.5, 0.6) is 0 Å². The smallest absolute Gasteiger partial charge is 0.333 e. The third kappa shape index (κ3) is 4.25. The molecule has 2 aromatic carbocycles. The number of hydrazine groups is 1. The minimum atomic E-state index is -3.34. The minimum absolute atomic E-state index is 0.213. The van der Waals surface area contributed by atoms with E-state index in [1.165, 1.54) is 5.01 Å². The highest BCUT2D eigenvalue weighted by atomic mass is 32.2. The molecule has 2 aliphatic rings. The summed E-state index contributed by atoms with van der Waals surface area (Å²) in [5.41, 5.74) is 15.0. The maximum absolute atomic E-state index is 12.9. The average Bonchev–Trinajstić information content (AvgIpc) is 3.24. The molecule has 10 heteroatoms. The standard InChI is InChI=1S/C26H25N5O4S/c1-15-20(4-3-13-28-15)25(32)29-18-9-5-16-8-12-22-23(21(16)14-18)24(30-31(22)26(27)33)17-6-10-19(11-7-17)36(2,34)35/h3-7,9-11,13-14,24,30H,8,12H2,1-2H3,(H2,27,33)(H,29,32). The summed E-state index contributed by atoms with van der Waals surface area (Å²) in [6.45, 7) is 1.78. The number of hydrogen-bond donors (Lipinski definition) is 3. The van der Waals surface area contributed by atoms with Gasteiger partial charge >= 0.3 is 6.03 Å². The number of nitrogens with two attached hydrogens (primary N) is 1. The molecule has 0 fully saturated rings. The van der Waals surface area contributed by atoms with Crippen LogP contribution in [0.15, 0.2) is 71.4 Å². The van der Waals surface area contributed by atoms with E-state index in [1.54, 1.807) is 49.5 Å². The molecule has 1 unspecified atom stereocenters. The molecule has 1 aromatic heterocycles. The van der Waals surface area contributed by atoms with Crippen molar-refractivity contribution in [1.82, 2.24) is 15.4 Å². The molecule has 0 spiro atoms. The van der Waals surface area contributed by atoms with Crippen molar-refractivity contribution in [3.05, 3.63) is 94.4 Å². The Kier molecular flexibility index (Phi) is 5.85. The summed E-state index contributed by atoms with van der Waals surface area (Å²) >= 11 is 0. The van der Waals surface area contributed by atoms with Gasteiger partial charge in [0.2, 0.25) is 0 Å². The number of aryl methyl sites for hydroxylation is 2. The van der Waals surface area contributed by atoms with Gasteiger partial charge in [-0.1, -0.05) is 18.2 Å². The van der Waals surface area contributed by atoms with Crippen LogP contribution in [0, 0.1) is 6.92 Å². The van der Waals surface area contributed by atoms with Crippen LogP contribution in [-0.2, 0) is 16.3 Å². The lowest BCUT2D eigenvalue weighted by Gasteiger charge is -2.23. The summed E-state index contributed by atoms with van der Waals surface area (Å²) in [6.07, 6.45) is 4.11. The maximum Gasteiger partial charge on any atom is 0.333 e. The van der Waals surface area contributed by atoms with Crippen LogP contribution in [0.4, 0.5) is 10.5 Å². The van der Waals surface area contributed by atoms with Crippen LogP contribution in [-0.4, -0.2) is 36.6 Å². The molecule has 1 aliphatic carbocycles. The highest BCUT2D eigenvalue weighted by molar-refractivity contribution is 7.90. The first-order chi connectivity index (χ1) is 17.1. The Morgan fingerprint density at radius 1 is 1.11 bits per heavy atom. The number of nitrogens with zero attached hydrogens (tertiary/aromatic N) is 2. The number of carbonyl (C=O) groups excluding carboxylic acids is 2. The zero-order valence-corrected chi connectivity index (χ0v) is 20.6. The number of nitrogens with one attached hydrogen (secondary N) is 2. The molecule has 0 saturated carbocycles. The quantitative estimate of drug-likeness (QED) is 0.500. The predicted octanol–water partition coefficient (Wildman–Crippen LogP) is 3.34. The molecule has 0 saturated heterocycles. The lowest BCUT2D eigenvalue weighted by molar-refractivity contribution is 0.102. The maximum atomic E-state index is 12.9. The second-order valence-corrected chi connectivity index (χ2v) is 10.9. The van der Waals surface area contributed by atoms with Crippen molar-refractivity contribution in [2.75, 3.05) is 11.6 Å². The number of benzene rings is 2. The number of sulfone groups is 1. The van der Waals surface area contributed by atoms with Crippen molar-refractivity contribution in [1.29, 1.82) is 0 Å². The van der Waals surface area contributed by atoms with E-state index in [2.05, 4.69) is 15.7 Å². The number of pyridine rings is 1. The predicted molar refractivity (Wildman–Crippen MR) is 135 cm³/mol. The van der Waals surface area contributed by atoms with Gasteiger partial charge in [0.05, 0.1) is 16.5 Å². The number of hydrogen-bond acceptors (Lipinski definition) is 6. The van der Waals surface area contributed by atoms with E-state index in [4.69, 9.17) is 5.73 Å². The zero-order valence-electron chi connectivity index (χ0n) is 19.8. The van der Waals surface area contributed by atoms with Crippen LogP contribution in [0.25, 0.3) is 5.57 Å². The molecule has 5 rings (SSSR count). The molecule has 3 amide bonds. The van der Waals surface area contributed by atoms with Crippen molar-refractivity contribution in [3.63, 3.8) is 0 Å². The largest absolute Gasteiger partial charge is 0.350 e. The normalized spacial score (nSPS) is 16.9. The van der Waals surface area contributed by atoms with E-state index in [1.807, 2.05) is 18.2 Å². The summed E-state index contributed by atoms with van der Waals surface area (Å²) in [5.74, 6) is -0.262. The Balaban J connectivity index is 1.54. The van der Waals surface area contributed by atoms with Crippen LogP contribution in [0.3, 0.4) is 0 Å². The lowest BCUT2D eigenvalue weighted by atomic mass is 9.83. The number of primary amides is 1. The molecule has 36 heavy (non-hydrogen) atoms. The van der Waals surface area contributed by atoms with Crippen molar-refractivity contribution in [3.8, 4) is 0 Å². The fourth-order valence-electron chi connectivity index (χ4n) is 4.76. The lowest BCUT2D eigenvalue weighted by Crippen LogP contribution is -2.42. The summed E-state index contributed by atoms with van der Waals surface area (Å²) in [4.78, 5) is 29.5. The topological polar surface area (TPSA) is 134 Å². The third-order valence-corrected chi connectivity index (χ3v) is 7.66. The average molecular weight is 504 g/mol.